The van der Waals surface area contributed by atoms with E-state index < -0.39 is 10.0 Å². The van der Waals surface area contributed by atoms with E-state index in [9.17, 15) is 13.2 Å². The lowest BCUT2D eigenvalue weighted by atomic mass is 10.2. The fourth-order valence-corrected chi connectivity index (χ4v) is 3.99. The summed E-state index contributed by atoms with van der Waals surface area (Å²) in [5, 5.41) is 2.70. The Morgan fingerprint density at radius 1 is 1.27 bits per heavy atom. The van der Waals surface area contributed by atoms with Gasteiger partial charge in [0, 0.05) is 32.7 Å². The molecule has 130 valence electrons. The zero-order chi connectivity index (χ0) is 16.8. The van der Waals surface area contributed by atoms with Crippen LogP contribution in [0.5, 0.6) is 0 Å². The molecule has 1 rings (SSSR count). The van der Waals surface area contributed by atoms with Gasteiger partial charge in [0.2, 0.25) is 10.0 Å². The van der Waals surface area contributed by atoms with E-state index in [1.54, 1.807) is 18.7 Å². The van der Waals surface area contributed by atoms with Gasteiger partial charge in [-0.05, 0) is 13.3 Å². The van der Waals surface area contributed by atoms with Crippen molar-refractivity contribution >= 4 is 16.1 Å². The SMILES string of the molecule is CC[C@@H]1CN(C(=O)NCCS(=O)(=O)N(CC)CC)C[C@H](C)O1. The summed E-state index contributed by atoms with van der Waals surface area (Å²) in [4.78, 5) is 13.9. The summed E-state index contributed by atoms with van der Waals surface area (Å²) in [5.74, 6) is -0.0719. The van der Waals surface area contributed by atoms with Crippen LogP contribution in [-0.4, -0.2) is 74.3 Å². The van der Waals surface area contributed by atoms with Crippen LogP contribution in [0.25, 0.3) is 0 Å². The van der Waals surface area contributed by atoms with Gasteiger partial charge in [-0.3, -0.25) is 0 Å². The Morgan fingerprint density at radius 2 is 1.91 bits per heavy atom. The van der Waals surface area contributed by atoms with Crippen LogP contribution in [0.1, 0.15) is 34.1 Å². The van der Waals surface area contributed by atoms with Gasteiger partial charge in [-0.2, -0.15) is 0 Å². The van der Waals surface area contributed by atoms with Gasteiger partial charge in [-0.25, -0.2) is 17.5 Å². The Kier molecular flexibility index (Phi) is 7.58. The average Bonchev–Trinajstić information content (AvgIpc) is 2.47. The van der Waals surface area contributed by atoms with E-state index in [1.165, 1.54) is 4.31 Å². The fourth-order valence-electron chi connectivity index (χ4n) is 2.58. The molecule has 2 atom stereocenters. The number of sulfonamides is 1. The highest BCUT2D eigenvalue weighted by Gasteiger charge is 2.27. The molecule has 0 aromatic carbocycles. The van der Waals surface area contributed by atoms with Crippen molar-refractivity contribution in [2.45, 2.75) is 46.3 Å². The number of ether oxygens (including phenoxy) is 1. The van der Waals surface area contributed by atoms with Crippen LogP contribution in [0, 0.1) is 0 Å². The van der Waals surface area contributed by atoms with Crippen molar-refractivity contribution in [3.8, 4) is 0 Å². The van der Waals surface area contributed by atoms with Crippen LogP contribution in [-0.2, 0) is 14.8 Å². The molecule has 0 aliphatic carbocycles. The monoisotopic (exact) mass is 335 g/mol. The molecule has 22 heavy (non-hydrogen) atoms. The van der Waals surface area contributed by atoms with Crippen molar-refractivity contribution in [1.82, 2.24) is 14.5 Å². The lowest BCUT2D eigenvalue weighted by Gasteiger charge is -2.36. The first kappa shape index (κ1) is 19.2. The summed E-state index contributed by atoms with van der Waals surface area (Å²) < 4.78 is 31.2. The molecule has 7 nitrogen and oxygen atoms in total. The van der Waals surface area contributed by atoms with E-state index in [1.807, 2.05) is 13.8 Å². The molecule has 0 aromatic heterocycles. The number of nitrogens with one attached hydrogen (secondary N) is 1. The quantitative estimate of drug-likeness (QED) is 0.749. The lowest BCUT2D eigenvalue weighted by Crippen LogP contribution is -2.53. The van der Waals surface area contributed by atoms with Crippen molar-refractivity contribution < 1.29 is 17.9 Å². The first-order valence-corrected chi connectivity index (χ1v) is 9.60. The molecule has 0 radical (unpaired) electrons. The Morgan fingerprint density at radius 3 is 2.45 bits per heavy atom. The molecular formula is C14H29N3O4S. The largest absolute Gasteiger partial charge is 0.372 e. The summed E-state index contributed by atoms with van der Waals surface area (Å²) in [6.07, 6.45) is 0.905. The number of rotatable bonds is 7. The number of carbonyl (C=O) groups is 1. The number of nitrogens with zero attached hydrogens (tertiary/aromatic N) is 2. The second-order valence-corrected chi connectivity index (χ2v) is 7.60. The first-order valence-electron chi connectivity index (χ1n) is 8.00. The summed E-state index contributed by atoms with van der Waals surface area (Å²) in [7, 11) is -3.30. The number of amides is 2. The minimum atomic E-state index is -3.30. The van der Waals surface area contributed by atoms with Crippen molar-refractivity contribution in [2.24, 2.45) is 0 Å². The van der Waals surface area contributed by atoms with Gasteiger partial charge in [0.05, 0.1) is 18.0 Å². The molecule has 1 heterocycles. The summed E-state index contributed by atoms with van der Waals surface area (Å²) in [6.45, 7) is 9.68. The Labute approximate surface area is 134 Å². The van der Waals surface area contributed by atoms with Gasteiger partial charge in [-0.15, -0.1) is 0 Å². The van der Waals surface area contributed by atoms with E-state index >= 15 is 0 Å². The topological polar surface area (TPSA) is 79.0 Å². The van der Waals surface area contributed by atoms with Crippen LogP contribution >= 0.6 is 0 Å². The number of carbonyl (C=O) groups excluding carboxylic acids is 1. The third-order valence-corrected chi connectivity index (χ3v) is 5.83. The van der Waals surface area contributed by atoms with Crippen LogP contribution in [0.4, 0.5) is 4.79 Å². The smallest absolute Gasteiger partial charge is 0.317 e. The fraction of sp³-hybridized carbons (Fsp3) is 0.929. The lowest BCUT2D eigenvalue weighted by molar-refractivity contribution is -0.0645. The molecule has 1 fully saturated rings. The number of urea groups is 1. The summed E-state index contributed by atoms with van der Waals surface area (Å²) >= 11 is 0. The van der Waals surface area contributed by atoms with E-state index in [-0.39, 0.29) is 30.5 Å². The maximum atomic E-state index is 12.2. The molecule has 0 unspecified atom stereocenters. The molecule has 1 aliphatic heterocycles. The third kappa shape index (κ3) is 5.40. The molecule has 1 aliphatic rings. The molecule has 0 saturated carbocycles. The molecule has 0 aromatic rings. The number of morpholine rings is 1. The molecule has 8 heteroatoms. The predicted octanol–water partition coefficient (Wildman–Crippen LogP) is 0.867. The van der Waals surface area contributed by atoms with Crippen molar-refractivity contribution in [2.75, 3.05) is 38.5 Å². The third-order valence-electron chi connectivity index (χ3n) is 3.80. The maximum Gasteiger partial charge on any atom is 0.317 e. The molecule has 1 N–H and O–H groups in total. The second-order valence-electron chi connectivity index (χ2n) is 5.51. The highest BCUT2D eigenvalue weighted by Crippen LogP contribution is 2.13. The minimum Gasteiger partial charge on any atom is -0.372 e. The van der Waals surface area contributed by atoms with Crippen LogP contribution in [0.3, 0.4) is 0 Å². The van der Waals surface area contributed by atoms with E-state index in [4.69, 9.17) is 4.74 Å². The highest BCUT2D eigenvalue weighted by atomic mass is 32.2. The highest BCUT2D eigenvalue weighted by molar-refractivity contribution is 7.89. The van der Waals surface area contributed by atoms with E-state index in [0.29, 0.717) is 26.2 Å². The predicted molar refractivity (Wildman–Crippen MR) is 86.3 cm³/mol. The maximum absolute atomic E-state index is 12.2. The van der Waals surface area contributed by atoms with Gasteiger partial charge in [-0.1, -0.05) is 20.8 Å². The Hall–Kier alpha value is -0.860. The molecule has 1 saturated heterocycles. The van der Waals surface area contributed by atoms with Crippen molar-refractivity contribution in [1.29, 1.82) is 0 Å². The molecule has 0 bridgehead atoms. The normalized spacial score (nSPS) is 22.9. The van der Waals surface area contributed by atoms with Crippen molar-refractivity contribution in [3.63, 3.8) is 0 Å². The van der Waals surface area contributed by atoms with Gasteiger partial charge in [0.15, 0.2) is 0 Å². The zero-order valence-corrected chi connectivity index (χ0v) is 14.9. The molecule has 0 spiro atoms. The van der Waals surface area contributed by atoms with Crippen LogP contribution < -0.4 is 5.32 Å². The Balaban J connectivity index is 2.46. The van der Waals surface area contributed by atoms with Gasteiger partial charge >= 0.3 is 6.03 Å². The zero-order valence-electron chi connectivity index (χ0n) is 14.0. The van der Waals surface area contributed by atoms with Gasteiger partial charge in [0.1, 0.15) is 0 Å². The Bertz CT molecular complexity index is 451. The number of hydrogen-bond acceptors (Lipinski definition) is 4. The van der Waals surface area contributed by atoms with Crippen LogP contribution in [0.2, 0.25) is 0 Å². The first-order chi connectivity index (χ1) is 10.3. The van der Waals surface area contributed by atoms with E-state index in [2.05, 4.69) is 5.32 Å². The average molecular weight is 335 g/mol. The summed E-state index contributed by atoms with van der Waals surface area (Å²) in [6, 6.07) is -0.219. The van der Waals surface area contributed by atoms with Gasteiger partial charge in [0.25, 0.3) is 0 Å². The van der Waals surface area contributed by atoms with Gasteiger partial charge < -0.3 is 15.0 Å². The standard InChI is InChI=1S/C14H29N3O4S/c1-5-13-11-16(10-12(4)21-13)14(18)15-8-9-22(19,20)17(6-2)7-3/h12-13H,5-11H2,1-4H3,(H,15,18)/t12-,13+/m0/s1. The summed E-state index contributed by atoms with van der Waals surface area (Å²) in [5.41, 5.74) is 0. The van der Waals surface area contributed by atoms with Crippen LogP contribution in [0.15, 0.2) is 0 Å². The second kappa shape index (κ2) is 8.69. The molecular weight excluding hydrogens is 306 g/mol. The molecule has 2 amide bonds. The van der Waals surface area contributed by atoms with E-state index in [0.717, 1.165) is 6.42 Å². The van der Waals surface area contributed by atoms with Crippen molar-refractivity contribution in [3.05, 3.63) is 0 Å². The minimum absolute atomic E-state index is 0.00357. The number of hydrogen-bond donors (Lipinski definition) is 1.